The van der Waals surface area contributed by atoms with E-state index in [0.717, 1.165) is 11.1 Å². The van der Waals surface area contributed by atoms with Crippen LogP contribution in [-0.4, -0.2) is 22.4 Å². The number of hydrogen-bond donors (Lipinski definition) is 2. The molecule has 0 aliphatic heterocycles. The van der Waals surface area contributed by atoms with Crippen molar-refractivity contribution in [3.8, 4) is 0 Å². The molecule has 1 amide bonds. The highest BCUT2D eigenvalue weighted by molar-refractivity contribution is 6.30. The summed E-state index contributed by atoms with van der Waals surface area (Å²) in [6.45, 7) is 0.921. The van der Waals surface area contributed by atoms with Crippen LogP contribution in [0.3, 0.4) is 0 Å². The fourth-order valence-corrected chi connectivity index (χ4v) is 2.54. The minimum absolute atomic E-state index is 0.267. The summed E-state index contributed by atoms with van der Waals surface area (Å²) in [5, 5.41) is 6.55. The van der Waals surface area contributed by atoms with Gasteiger partial charge in [-0.05, 0) is 47.9 Å². The van der Waals surface area contributed by atoms with Gasteiger partial charge in [0, 0.05) is 24.3 Å². The molecule has 5 nitrogen and oxygen atoms in total. The van der Waals surface area contributed by atoms with E-state index in [0.29, 0.717) is 30.5 Å². The van der Waals surface area contributed by atoms with Crippen molar-refractivity contribution in [2.45, 2.75) is 13.0 Å². The molecule has 0 fully saturated rings. The van der Waals surface area contributed by atoms with E-state index in [9.17, 15) is 9.18 Å². The summed E-state index contributed by atoms with van der Waals surface area (Å²) >= 11 is 5.86. The Labute approximate surface area is 161 Å². The summed E-state index contributed by atoms with van der Waals surface area (Å²) in [5.41, 5.74) is 2.25. The Balaban J connectivity index is 1.51. The fourth-order valence-electron chi connectivity index (χ4n) is 2.42. The number of carbonyl (C=O) groups excluding carboxylic acids is 1. The van der Waals surface area contributed by atoms with E-state index >= 15 is 0 Å². The fraction of sp³-hybridized carbons (Fsp3) is 0.150. The Morgan fingerprint density at radius 1 is 1.00 bits per heavy atom. The van der Waals surface area contributed by atoms with E-state index in [4.69, 9.17) is 11.6 Å². The molecule has 0 aliphatic carbocycles. The second-order valence-electron chi connectivity index (χ2n) is 5.88. The topological polar surface area (TPSA) is 66.9 Å². The van der Waals surface area contributed by atoms with Gasteiger partial charge in [-0.25, -0.2) is 14.4 Å². The minimum Gasteiger partial charge on any atom is -0.350 e. The van der Waals surface area contributed by atoms with Crippen molar-refractivity contribution in [3.05, 3.63) is 88.5 Å². The number of rotatable bonds is 7. The highest BCUT2D eigenvalue weighted by Gasteiger charge is 2.08. The second kappa shape index (κ2) is 9.09. The van der Waals surface area contributed by atoms with E-state index in [1.165, 1.54) is 18.3 Å². The lowest BCUT2D eigenvalue weighted by Gasteiger charge is -2.08. The molecular formula is C20H18ClFN4O. The van der Waals surface area contributed by atoms with Crippen LogP contribution < -0.4 is 10.6 Å². The average molecular weight is 385 g/mol. The molecule has 27 heavy (non-hydrogen) atoms. The van der Waals surface area contributed by atoms with Gasteiger partial charge in [-0.15, -0.1) is 0 Å². The first-order chi connectivity index (χ1) is 13.1. The lowest BCUT2D eigenvalue weighted by atomic mass is 10.1. The molecule has 3 aromatic rings. The number of nitrogens with zero attached hydrogens (tertiary/aromatic N) is 2. The third-order valence-electron chi connectivity index (χ3n) is 3.86. The lowest BCUT2D eigenvalue weighted by molar-refractivity contribution is 0.0949. The van der Waals surface area contributed by atoms with E-state index in [1.54, 1.807) is 18.2 Å². The number of hydrogen-bond acceptors (Lipinski definition) is 4. The van der Waals surface area contributed by atoms with Gasteiger partial charge in [0.1, 0.15) is 11.5 Å². The number of nitrogens with one attached hydrogen (secondary N) is 2. The van der Waals surface area contributed by atoms with Crippen LogP contribution in [0.5, 0.6) is 0 Å². The van der Waals surface area contributed by atoms with Gasteiger partial charge in [0.15, 0.2) is 0 Å². The van der Waals surface area contributed by atoms with Crippen LogP contribution in [-0.2, 0) is 13.0 Å². The molecule has 2 N–H and O–H groups in total. The predicted molar refractivity (Wildman–Crippen MR) is 103 cm³/mol. The quantitative estimate of drug-likeness (QED) is 0.649. The van der Waals surface area contributed by atoms with Gasteiger partial charge in [0.25, 0.3) is 5.91 Å². The number of carbonyl (C=O) groups is 1. The smallest absolute Gasteiger partial charge is 0.270 e. The van der Waals surface area contributed by atoms with E-state index in [1.807, 2.05) is 24.3 Å². The van der Waals surface area contributed by atoms with Gasteiger partial charge in [0.05, 0.1) is 0 Å². The van der Waals surface area contributed by atoms with Crippen LogP contribution in [0, 0.1) is 5.82 Å². The lowest BCUT2D eigenvalue weighted by Crippen LogP contribution is -2.26. The van der Waals surface area contributed by atoms with Crippen molar-refractivity contribution in [2.75, 3.05) is 11.9 Å². The Kier molecular flexibility index (Phi) is 6.33. The normalized spacial score (nSPS) is 10.4. The summed E-state index contributed by atoms with van der Waals surface area (Å²) in [5.74, 6) is -0.215. The van der Waals surface area contributed by atoms with Crippen molar-refractivity contribution in [2.24, 2.45) is 0 Å². The number of aromatic nitrogens is 2. The first kappa shape index (κ1) is 18.8. The molecule has 7 heteroatoms. The standard InChI is InChI=1S/C20H18ClFN4O/c21-16-5-1-14(2-6-16)9-11-23-19(27)18-10-12-24-20(26-18)25-13-15-3-7-17(22)8-4-15/h1-8,10,12H,9,11,13H2,(H,23,27)(H,24,25,26). The van der Waals surface area contributed by atoms with Gasteiger partial charge in [-0.2, -0.15) is 0 Å². The minimum atomic E-state index is -0.285. The van der Waals surface area contributed by atoms with Crippen LogP contribution in [0.4, 0.5) is 10.3 Å². The Bertz CT molecular complexity index is 901. The van der Waals surface area contributed by atoms with E-state index in [2.05, 4.69) is 20.6 Å². The summed E-state index contributed by atoms with van der Waals surface area (Å²) < 4.78 is 12.9. The zero-order valence-electron chi connectivity index (χ0n) is 14.5. The van der Waals surface area contributed by atoms with Crippen molar-refractivity contribution in [1.29, 1.82) is 0 Å². The Morgan fingerprint density at radius 3 is 2.44 bits per heavy atom. The summed E-state index contributed by atoms with van der Waals surface area (Å²) in [7, 11) is 0. The van der Waals surface area contributed by atoms with Crippen LogP contribution in [0.25, 0.3) is 0 Å². The molecule has 0 atom stereocenters. The molecule has 0 aliphatic rings. The number of anilines is 1. The molecule has 2 aromatic carbocycles. The third-order valence-corrected chi connectivity index (χ3v) is 4.12. The third kappa shape index (κ3) is 5.76. The predicted octanol–water partition coefficient (Wildman–Crippen LogP) is 3.85. The molecule has 1 heterocycles. The molecule has 0 saturated carbocycles. The highest BCUT2D eigenvalue weighted by Crippen LogP contribution is 2.10. The monoisotopic (exact) mass is 384 g/mol. The highest BCUT2D eigenvalue weighted by atomic mass is 35.5. The second-order valence-corrected chi connectivity index (χ2v) is 6.31. The zero-order chi connectivity index (χ0) is 19.1. The molecule has 1 aromatic heterocycles. The van der Waals surface area contributed by atoms with E-state index in [-0.39, 0.29) is 17.4 Å². The molecule has 138 valence electrons. The first-order valence-corrected chi connectivity index (χ1v) is 8.82. The molecule has 3 rings (SSSR count). The van der Waals surface area contributed by atoms with Gasteiger partial charge in [-0.3, -0.25) is 4.79 Å². The summed E-state index contributed by atoms with van der Waals surface area (Å²) in [6, 6.07) is 15.2. The number of benzene rings is 2. The number of halogens is 2. The zero-order valence-corrected chi connectivity index (χ0v) is 15.2. The summed E-state index contributed by atoms with van der Waals surface area (Å²) in [6.07, 6.45) is 2.22. The maximum absolute atomic E-state index is 12.9. The molecule has 0 saturated heterocycles. The maximum atomic E-state index is 12.9. The first-order valence-electron chi connectivity index (χ1n) is 8.44. The van der Waals surface area contributed by atoms with Crippen LogP contribution in [0.2, 0.25) is 5.02 Å². The molecule has 0 spiro atoms. The van der Waals surface area contributed by atoms with Crippen LogP contribution in [0.15, 0.2) is 60.8 Å². The molecule has 0 bridgehead atoms. The largest absolute Gasteiger partial charge is 0.350 e. The Morgan fingerprint density at radius 2 is 1.70 bits per heavy atom. The molecule has 0 unspecified atom stereocenters. The van der Waals surface area contributed by atoms with Crippen LogP contribution in [0.1, 0.15) is 21.6 Å². The van der Waals surface area contributed by atoms with E-state index < -0.39 is 0 Å². The van der Waals surface area contributed by atoms with Crippen molar-refractivity contribution >= 4 is 23.5 Å². The maximum Gasteiger partial charge on any atom is 0.270 e. The van der Waals surface area contributed by atoms with Crippen molar-refractivity contribution < 1.29 is 9.18 Å². The van der Waals surface area contributed by atoms with Gasteiger partial charge < -0.3 is 10.6 Å². The van der Waals surface area contributed by atoms with Crippen LogP contribution >= 0.6 is 11.6 Å². The van der Waals surface area contributed by atoms with Crippen molar-refractivity contribution in [3.63, 3.8) is 0 Å². The van der Waals surface area contributed by atoms with Crippen molar-refractivity contribution in [1.82, 2.24) is 15.3 Å². The SMILES string of the molecule is O=C(NCCc1ccc(Cl)cc1)c1ccnc(NCc2ccc(F)cc2)n1. The summed E-state index contributed by atoms with van der Waals surface area (Å²) in [4.78, 5) is 20.6. The molecule has 0 radical (unpaired) electrons. The van der Waals surface area contributed by atoms with Gasteiger partial charge >= 0.3 is 0 Å². The van der Waals surface area contributed by atoms with Gasteiger partial charge in [0.2, 0.25) is 5.95 Å². The Hall–Kier alpha value is -2.99. The molecular weight excluding hydrogens is 367 g/mol. The average Bonchev–Trinajstić information content (AvgIpc) is 2.69. The van der Waals surface area contributed by atoms with Gasteiger partial charge in [-0.1, -0.05) is 35.9 Å². The number of amides is 1.